The fourth-order valence-electron chi connectivity index (χ4n) is 1.97. The lowest BCUT2D eigenvalue weighted by Gasteiger charge is -2.05. The SMILES string of the molecule is Cc1nc2cc(NC(=O)c3cc(C)c(C)nn3)ccc2o1. The van der Waals surface area contributed by atoms with E-state index in [9.17, 15) is 4.79 Å². The van der Waals surface area contributed by atoms with Crippen molar-refractivity contribution in [3.8, 4) is 0 Å². The summed E-state index contributed by atoms with van der Waals surface area (Å²) in [5.74, 6) is 0.290. The maximum atomic E-state index is 12.2. The zero-order chi connectivity index (χ0) is 15.0. The van der Waals surface area contributed by atoms with Gasteiger partial charge in [-0.15, -0.1) is 5.10 Å². The van der Waals surface area contributed by atoms with Crippen molar-refractivity contribution in [3.63, 3.8) is 0 Å². The van der Waals surface area contributed by atoms with E-state index in [1.165, 1.54) is 0 Å². The maximum absolute atomic E-state index is 12.2. The molecule has 0 atom stereocenters. The van der Waals surface area contributed by atoms with E-state index in [1.807, 2.05) is 13.8 Å². The van der Waals surface area contributed by atoms with Gasteiger partial charge >= 0.3 is 0 Å². The molecule has 0 aliphatic heterocycles. The molecule has 0 spiro atoms. The minimum absolute atomic E-state index is 0.287. The molecule has 6 nitrogen and oxygen atoms in total. The molecule has 1 aromatic carbocycles. The average molecular weight is 282 g/mol. The predicted octanol–water partition coefficient (Wildman–Crippen LogP) is 2.80. The zero-order valence-corrected chi connectivity index (χ0v) is 12.0. The lowest BCUT2D eigenvalue weighted by atomic mass is 10.2. The smallest absolute Gasteiger partial charge is 0.276 e. The van der Waals surface area contributed by atoms with Crippen LogP contribution in [-0.4, -0.2) is 21.1 Å². The van der Waals surface area contributed by atoms with Crippen LogP contribution in [0, 0.1) is 20.8 Å². The second kappa shape index (κ2) is 4.97. The highest BCUT2D eigenvalue weighted by Crippen LogP contribution is 2.20. The van der Waals surface area contributed by atoms with Crippen molar-refractivity contribution in [1.29, 1.82) is 0 Å². The first-order valence-electron chi connectivity index (χ1n) is 6.52. The second-order valence-corrected chi connectivity index (χ2v) is 4.87. The van der Waals surface area contributed by atoms with Crippen LogP contribution in [0.2, 0.25) is 0 Å². The van der Waals surface area contributed by atoms with E-state index in [0.29, 0.717) is 22.7 Å². The molecular weight excluding hydrogens is 268 g/mol. The number of oxazole rings is 1. The Hall–Kier alpha value is -2.76. The molecule has 0 bridgehead atoms. The van der Waals surface area contributed by atoms with Gasteiger partial charge < -0.3 is 9.73 Å². The Morgan fingerprint density at radius 1 is 1.14 bits per heavy atom. The van der Waals surface area contributed by atoms with Gasteiger partial charge in [0.25, 0.3) is 5.91 Å². The zero-order valence-electron chi connectivity index (χ0n) is 12.0. The van der Waals surface area contributed by atoms with Crippen molar-refractivity contribution in [2.24, 2.45) is 0 Å². The minimum Gasteiger partial charge on any atom is -0.441 e. The van der Waals surface area contributed by atoms with Gasteiger partial charge in [0.2, 0.25) is 0 Å². The van der Waals surface area contributed by atoms with Crippen LogP contribution in [-0.2, 0) is 0 Å². The summed E-state index contributed by atoms with van der Waals surface area (Å²) in [4.78, 5) is 16.4. The third-order valence-electron chi connectivity index (χ3n) is 3.22. The van der Waals surface area contributed by atoms with Gasteiger partial charge in [-0.2, -0.15) is 5.10 Å². The Morgan fingerprint density at radius 3 is 2.71 bits per heavy atom. The predicted molar refractivity (Wildman–Crippen MR) is 78.2 cm³/mol. The van der Waals surface area contributed by atoms with E-state index >= 15 is 0 Å². The summed E-state index contributed by atoms with van der Waals surface area (Å²) in [5, 5.41) is 10.6. The maximum Gasteiger partial charge on any atom is 0.276 e. The molecule has 3 aromatic rings. The van der Waals surface area contributed by atoms with Gasteiger partial charge in [0.1, 0.15) is 5.52 Å². The van der Waals surface area contributed by atoms with Crippen molar-refractivity contribution in [2.75, 3.05) is 5.32 Å². The van der Waals surface area contributed by atoms with Gasteiger partial charge in [-0.3, -0.25) is 4.79 Å². The molecule has 0 saturated carbocycles. The summed E-state index contributed by atoms with van der Waals surface area (Å²) in [6.07, 6.45) is 0. The number of nitrogens with one attached hydrogen (secondary N) is 1. The topological polar surface area (TPSA) is 80.9 Å². The number of rotatable bonds is 2. The third kappa shape index (κ3) is 2.60. The summed E-state index contributed by atoms with van der Waals surface area (Å²) >= 11 is 0. The summed E-state index contributed by atoms with van der Waals surface area (Å²) in [6, 6.07) is 7.02. The standard InChI is InChI=1S/C15H14N4O2/c1-8-6-13(19-18-9(8)2)15(20)17-11-4-5-14-12(7-11)16-10(3)21-14/h4-7H,1-3H3,(H,17,20). The highest BCUT2D eigenvalue weighted by Gasteiger charge is 2.11. The lowest BCUT2D eigenvalue weighted by Crippen LogP contribution is -2.15. The first-order valence-corrected chi connectivity index (χ1v) is 6.52. The Balaban J connectivity index is 1.86. The third-order valence-corrected chi connectivity index (χ3v) is 3.22. The Labute approximate surface area is 121 Å². The molecule has 0 fully saturated rings. The van der Waals surface area contributed by atoms with E-state index in [1.54, 1.807) is 31.2 Å². The number of fused-ring (bicyclic) bond motifs is 1. The molecule has 0 saturated heterocycles. The molecule has 0 unspecified atom stereocenters. The normalized spacial score (nSPS) is 10.8. The fourth-order valence-corrected chi connectivity index (χ4v) is 1.97. The molecule has 21 heavy (non-hydrogen) atoms. The second-order valence-electron chi connectivity index (χ2n) is 4.87. The van der Waals surface area contributed by atoms with Crippen molar-refractivity contribution in [1.82, 2.24) is 15.2 Å². The van der Waals surface area contributed by atoms with E-state index in [-0.39, 0.29) is 11.6 Å². The number of carbonyl (C=O) groups is 1. The van der Waals surface area contributed by atoms with Crippen LogP contribution < -0.4 is 5.32 Å². The van der Waals surface area contributed by atoms with Crippen LogP contribution in [0.15, 0.2) is 28.7 Å². The highest BCUT2D eigenvalue weighted by atomic mass is 16.3. The van der Waals surface area contributed by atoms with Crippen molar-refractivity contribution >= 4 is 22.7 Å². The van der Waals surface area contributed by atoms with E-state index < -0.39 is 0 Å². The van der Waals surface area contributed by atoms with Crippen LogP contribution in [0.1, 0.15) is 27.6 Å². The number of aromatic nitrogens is 3. The molecule has 0 aliphatic carbocycles. The first-order chi connectivity index (χ1) is 10.0. The number of benzene rings is 1. The minimum atomic E-state index is -0.301. The first kappa shape index (κ1) is 13.2. The summed E-state index contributed by atoms with van der Waals surface area (Å²) in [6.45, 7) is 5.53. The molecule has 1 amide bonds. The Morgan fingerprint density at radius 2 is 1.95 bits per heavy atom. The van der Waals surface area contributed by atoms with Gasteiger partial charge in [0.15, 0.2) is 17.2 Å². The van der Waals surface area contributed by atoms with E-state index in [2.05, 4.69) is 20.5 Å². The van der Waals surface area contributed by atoms with Crippen LogP contribution in [0.25, 0.3) is 11.1 Å². The number of carbonyl (C=O) groups excluding carboxylic acids is 1. The quantitative estimate of drug-likeness (QED) is 0.781. The van der Waals surface area contributed by atoms with Gasteiger partial charge in [0, 0.05) is 12.6 Å². The summed E-state index contributed by atoms with van der Waals surface area (Å²) < 4.78 is 5.40. The van der Waals surface area contributed by atoms with E-state index in [0.717, 1.165) is 11.3 Å². The fraction of sp³-hybridized carbons (Fsp3) is 0.200. The number of aryl methyl sites for hydroxylation is 3. The number of anilines is 1. The van der Waals surface area contributed by atoms with Crippen LogP contribution in [0.5, 0.6) is 0 Å². The van der Waals surface area contributed by atoms with Crippen molar-refractivity contribution in [3.05, 3.63) is 47.1 Å². The molecule has 1 N–H and O–H groups in total. The van der Waals surface area contributed by atoms with Gasteiger partial charge in [0.05, 0.1) is 5.69 Å². The molecule has 0 radical (unpaired) electrons. The van der Waals surface area contributed by atoms with Crippen LogP contribution >= 0.6 is 0 Å². The average Bonchev–Trinajstić information content (AvgIpc) is 2.81. The van der Waals surface area contributed by atoms with Gasteiger partial charge in [-0.05, 0) is 43.7 Å². The largest absolute Gasteiger partial charge is 0.441 e. The molecule has 6 heteroatoms. The summed E-state index contributed by atoms with van der Waals surface area (Å²) in [7, 11) is 0. The van der Waals surface area contributed by atoms with Gasteiger partial charge in [-0.25, -0.2) is 4.98 Å². The number of nitrogens with zero attached hydrogens (tertiary/aromatic N) is 3. The van der Waals surface area contributed by atoms with Crippen molar-refractivity contribution in [2.45, 2.75) is 20.8 Å². The molecular formula is C15H14N4O2. The number of hydrogen-bond donors (Lipinski definition) is 1. The summed E-state index contributed by atoms with van der Waals surface area (Å²) in [5.41, 5.74) is 4.06. The van der Waals surface area contributed by atoms with Gasteiger partial charge in [-0.1, -0.05) is 0 Å². The van der Waals surface area contributed by atoms with Crippen molar-refractivity contribution < 1.29 is 9.21 Å². The number of amides is 1. The lowest BCUT2D eigenvalue weighted by molar-refractivity contribution is 0.102. The molecule has 3 rings (SSSR count). The molecule has 106 valence electrons. The monoisotopic (exact) mass is 282 g/mol. The molecule has 2 heterocycles. The molecule has 0 aliphatic rings. The highest BCUT2D eigenvalue weighted by molar-refractivity contribution is 6.03. The number of hydrogen-bond acceptors (Lipinski definition) is 5. The van der Waals surface area contributed by atoms with E-state index in [4.69, 9.17) is 4.42 Å². The Bertz CT molecular complexity index is 839. The Kier molecular flexibility index (Phi) is 3.13. The molecule has 2 aromatic heterocycles. The van der Waals surface area contributed by atoms with Crippen LogP contribution in [0.4, 0.5) is 5.69 Å². The van der Waals surface area contributed by atoms with Crippen LogP contribution in [0.3, 0.4) is 0 Å².